The van der Waals surface area contributed by atoms with Gasteiger partial charge in [0.25, 0.3) is 0 Å². The zero-order chi connectivity index (χ0) is 16.5. The van der Waals surface area contributed by atoms with Crippen LogP contribution in [0.25, 0.3) is 11.3 Å². The molecule has 0 spiro atoms. The third-order valence-electron chi connectivity index (χ3n) is 4.17. The molecular formula is C18H14FN3O2. The Morgan fingerprint density at radius 1 is 1.17 bits per heavy atom. The van der Waals surface area contributed by atoms with Crippen molar-refractivity contribution in [3.63, 3.8) is 0 Å². The van der Waals surface area contributed by atoms with Gasteiger partial charge in [-0.1, -0.05) is 11.2 Å². The lowest BCUT2D eigenvalue weighted by molar-refractivity contribution is -0.117. The summed E-state index contributed by atoms with van der Waals surface area (Å²) < 4.78 is 17.7. The minimum atomic E-state index is -0.269. The minimum Gasteiger partial charge on any atom is -0.363 e. The summed E-state index contributed by atoms with van der Waals surface area (Å²) in [6, 6.07) is 11.7. The molecule has 1 amide bonds. The van der Waals surface area contributed by atoms with Crippen LogP contribution in [0.5, 0.6) is 0 Å². The van der Waals surface area contributed by atoms with E-state index in [1.807, 2.05) is 12.1 Å². The molecule has 2 atom stereocenters. The molecule has 1 aliphatic rings. The van der Waals surface area contributed by atoms with Crippen molar-refractivity contribution in [2.24, 2.45) is 5.92 Å². The van der Waals surface area contributed by atoms with E-state index in [9.17, 15) is 9.18 Å². The summed E-state index contributed by atoms with van der Waals surface area (Å²) in [5.41, 5.74) is 2.67. The van der Waals surface area contributed by atoms with Crippen molar-refractivity contribution < 1.29 is 13.7 Å². The Morgan fingerprint density at radius 3 is 2.67 bits per heavy atom. The average molecular weight is 323 g/mol. The molecule has 0 bridgehead atoms. The van der Waals surface area contributed by atoms with Crippen LogP contribution in [-0.2, 0) is 4.79 Å². The molecule has 2 aromatic heterocycles. The lowest BCUT2D eigenvalue weighted by Gasteiger charge is -2.04. The maximum atomic E-state index is 13.0. The number of aromatic nitrogens is 2. The number of carbonyl (C=O) groups excluding carboxylic acids is 1. The first-order valence-electron chi connectivity index (χ1n) is 7.64. The highest BCUT2D eigenvalue weighted by Gasteiger charge is 2.44. The highest BCUT2D eigenvalue weighted by atomic mass is 19.1. The number of pyridine rings is 1. The van der Waals surface area contributed by atoms with Crippen LogP contribution < -0.4 is 5.32 Å². The van der Waals surface area contributed by atoms with Crippen LogP contribution in [0.4, 0.5) is 10.2 Å². The number of halogens is 1. The number of benzene rings is 1. The van der Waals surface area contributed by atoms with Gasteiger partial charge in [0.15, 0.2) is 5.82 Å². The van der Waals surface area contributed by atoms with Gasteiger partial charge in [-0.05, 0) is 48.2 Å². The number of anilines is 1. The fraction of sp³-hybridized carbons (Fsp3) is 0.167. The number of amides is 1. The first kappa shape index (κ1) is 14.6. The summed E-state index contributed by atoms with van der Waals surface area (Å²) in [5, 5.41) is 6.40. The van der Waals surface area contributed by atoms with Gasteiger partial charge in [0.05, 0.1) is 5.69 Å². The number of nitrogens with one attached hydrogen (secondary N) is 1. The van der Waals surface area contributed by atoms with Gasteiger partial charge in [-0.25, -0.2) is 4.39 Å². The highest BCUT2D eigenvalue weighted by molar-refractivity contribution is 5.94. The van der Waals surface area contributed by atoms with E-state index in [2.05, 4.69) is 15.5 Å². The van der Waals surface area contributed by atoms with Crippen molar-refractivity contribution in [1.29, 1.82) is 0 Å². The monoisotopic (exact) mass is 323 g/mol. The van der Waals surface area contributed by atoms with Crippen LogP contribution in [0.15, 0.2) is 59.4 Å². The normalized spacial score (nSPS) is 19.0. The van der Waals surface area contributed by atoms with E-state index in [0.29, 0.717) is 5.82 Å². The van der Waals surface area contributed by atoms with Crippen LogP contribution in [0.1, 0.15) is 17.9 Å². The second-order valence-corrected chi connectivity index (χ2v) is 5.81. The van der Waals surface area contributed by atoms with Crippen molar-refractivity contribution >= 4 is 11.7 Å². The Bertz CT molecular complexity index is 845. The van der Waals surface area contributed by atoms with Crippen molar-refractivity contribution in [2.45, 2.75) is 12.3 Å². The fourth-order valence-electron chi connectivity index (χ4n) is 2.77. The van der Waals surface area contributed by atoms with Gasteiger partial charge in [-0.3, -0.25) is 9.78 Å². The Balaban J connectivity index is 1.43. The van der Waals surface area contributed by atoms with E-state index in [1.54, 1.807) is 24.4 Å². The van der Waals surface area contributed by atoms with Gasteiger partial charge < -0.3 is 9.84 Å². The summed E-state index contributed by atoms with van der Waals surface area (Å²) in [5.74, 6) is 0.202. The topological polar surface area (TPSA) is 68.0 Å². The zero-order valence-electron chi connectivity index (χ0n) is 12.6. The quantitative estimate of drug-likeness (QED) is 0.796. The molecule has 2 heterocycles. The SMILES string of the molecule is O=C(Nc1ccon1)C1CC1c1ccc(-c2ccc(F)cc2)nc1. The Kier molecular flexibility index (Phi) is 3.57. The van der Waals surface area contributed by atoms with Crippen LogP contribution in [0.3, 0.4) is 0 Å². The van der Waals surface area contributed by atoms with E-state index in [4.69, 9.17) is 4.52 Å². The maximum absolute atomic E-state index is 13.0. The van der Waals surface area contributed by atoms with Gasteiger partial charge in [0.2, 0.25) is 5.91 Å². The van der Waals surface area contributed by atoms with Gasteiger partial charge in [0.1, 0.15) is 12.1 Å². The summed E-state index contributed by atoms with van der Waals surface area (Å²) in [6.07, 6.45) is 3.99. The van der Waals surface area contributed by atoms with Gasteiger partial charge in [-0.15, -0.1) is 0 Å². The lowest BCUT2D eigenvalue weighted by Crippen LogP contribution is -2.14. The molecule has 1 aromatic carbocycles. The number of carbonyl (C=O) groups is 1. The molecule has 1 fully saturated rings. The van der Waals surface area contributed by atoms with Crippen molar-refractivity contribution in [2.75, 3.05) is 5.32 Å². The smallest absolute Gasteiger partial charge is 0.229 e. The minimum absolute atomic E-state index is 0.0588. The molecule has 5 nitrogen and oxygen atoms in total. The fourth-order valence-corrected chi connectivity index (χ4v) is 2.77. The van der Waals surface area contributed by atoms with Gasteiger partial charge >= 0.3 is 0 Å². The molecule has 0 saturated heterocycles. The molecule has 6 heteroatoms. The predicted molar refractivity (Wildman–Crippen MR) is 85.6 cm³/mol. The molecule has 0 aliphatic heterocycles. The number of nitrogens with zero attached hydrogens (tertiary/aromatic N) is 2. The number of hydrogen-bond acceptors (Lipinski definition) is 4. The number of hydrogen-bond donors (Lipinski definition) is 1. The van der Waals surface area contributed by atoms with Crippen LogP contribution >= 0.6 is 0 Å². The van der Waals surface area contributed by atoms with E-state index in [-0.39, 0.29) is 23.6 Å². The lowest BCUT2D eigenvalue weighted by atomic mass is 10.1. The summed E-state index contributed by atoms with van der Waals surface area (Å²) in [7, 11) is 0. The van der Waals surface area contributed by atoms with Crippen LogP contribution in [0, 0.1) is 11.7 Å². The molecule has 120 valence electrons. The van der Waals surface area contributed by atoms with Crippen LogP contribution in [0.2, 0.25) is 0 Å². The third kappa shape index (κ3) is 2.90. The molecule has 1 aliphatic carbocycles. The van der Waals surface area contributed by atoms with E-state index >= 15 is 0 Å². The summed E-state index contributed by atoms with van der Waals surface area (Å²) >= 11 is 0. The molecule has 24 heavy (non-hydrogen) atoms. The zero-order valence-corrected chi connectivity index (χ0v) is 12.6. The Hall–Kier alpha value is -3.02. The first-order chi connectivity index (χ1) is 11.7. The first-order valence-corrected chi connectivity index (χ1v) is 7.64. The predicted octanol–water partition coefficient (Wildman–Crippen LogP) is 3.62. The third-order valence-corrected chi connectivity index (χ3v) is 4.17. The molecule has 1 saturated carbocycles. The maximum Gasteiger partial charge on any atom is 0.229 e. The largest absolute Gasteiger partial charge is 0.363 e. The molecular weight excluding hydrogens is 309 g/mol. The standard InChI is InChI=1S/C18H14FN3O2/c19-13-4-1-11(2-5-13)16-6-3-12(10-20-16)14-9-15(14)18(23)21-17-7-8-24-22-17/h1-8,10,14-15H,9H2,(H,21,22,23). The summed E-state index contributed by atoms with van der Waals surface area (Å²) in [6.45, 7) is 0. The second kappa shape index (κ2) is 5.88. The molecule has 1 N–H and O–H groups in total. The van der Waals surface area contributed by atoms with E-state index in [1.165, 1.54) is 18.4 Å². The average Bonchev–Trinajstić information content (AvgIpc) is 3.25. The van der Waals surface area contributed by atoms with E-state index in [0.717, 1.165) is 23.2 Å². The molecule has 4 rings (SSSR count). The van der Waals surface area contributed by atoms with Crippen molar-refractivity contribution in [1.82, 2.24) is 10.1 Å². The van der Waals surface area contributed by atoms with Gasteiger partial charge in [-0.2, -0.15) is 0 Å². The molecule has 2 unspecified atom stereocenters. The number of rotatable bonds is 4. The Morgan fingerprint density at radius 2 is 2.00 bits per heavy atom. The Labute approximate surface area is 137 Å². The van der Waals surface area contributed by atoms with E-state index < -0.39 is 0 Å². The van der Waals surface area contributed by atoms with Crippen LogP contribution in [-0.4, -0.2) is 16.0 Å². The van der Waals surface area contributed by atoms with Crippen molar-refractivity contribution in [3.05, 3.63) is 66.3 Å². The molecule has 0 radical (unpaired) electrons. The molecule has 3 aromatic rings. The second-order valence-electron chi connectivity index (χ2n) is 5.81. The highest BCUT2D eigenvalue weighted by Crippen LogP contribution is 2.47. The summed E-state index contributed by atoms with van der Waals surface area (Å²) in [4.78, 5) is 16.6. The van der Waals surface area contributed by atoms with Gasteiger partial charge in [0, 0.05) is 23.7 Å². The van der Waals surface area contributed by atoms with Crippen molar-refractivity contribution in [3.8, 4) is 11.3 Å².